The maximum absolute atomic E-state index is 13.9. The molecule has 108 valence electrons. The number of hydrogen-bond acceptors (Lipinski definition) is 2. The molecular formula is C15H23F2NS. The van der Waals surface area contributed by atoms with Gasteiger partial charge in [0.15, 0.2) is 0 Å². The molecule has 0 spiro atoms. The van der Waals surface area contributed by atoms with E-state index >= 15 is 0 Å². The molecule has 0 amide bonds. The first-order valence-electron chi connectivity index (χ1n) is 6.78. The lowest BCUT2D eigenvalue weighted by Crippen LogP contribution is -2.22. The van der Waals surface area contributed by atoms with Gasteiger partial charge in [-0.1, -0.05) is 34.1 Å². The number of benzene rings is 1. The Hall–Kier alpha value is -0.610. The molecule has 1 nitrogen and oxygen atoms in total. The smallest absolute Gasteiger partial charge is 0.140 e. The van der Waals surface area contributed by atoms with Crippen molar-refractivity contribution in [1.82, 2.24) is 5.32 Å². The summed E-state index contributed by atoms with van der Waals surface area (Å²) < 4.78 is 27.8. The molecule has 1 atom stereocenters. The van der Waals surface area contributed by atoms with Crippen molar-refractivity contribution < 1.29 is 8.78 Å². The van der Waals surface area contributed by atoms with Gasteiger partial charge < -0.3 is 5.32 Å². The van der Waals surface area contributed by atoms with Gasteiger partial charge in [0.2, 0.25) is 0 Å². The molecule has 1 unspecified atom stereocenters. The molecule has 0 aliphatic carbocycles. The van der Waals surface area contributed by atoms with Crippen LogP contribution in [0.3, 0.4) is 0 Å². The monoisotopic (exact) mass is 287 g/mol. The Morgan fingerprint density at radius 1 is 1.16 bits per heavy atom. The van der Waals surface area contributed by atoms with Gasteiger partial charge in [-0.3, -0.25) is 0 Å². The van der Waals surface area contributed by atoms with E-state index in [0.717, 1.165) is 12.2 Å². The van der Waals surface area contributed by atoms with E-state index in [2.05, 4.69) is 19.2 Å². The molecule has 0 aliphatic heterocycles. The quantitative estimate of drug-likeness (QED) is 0.735. The molecule has 0 fully saturated rings. The molecular weight excluding hydrogens is 264 g/mol. The van der Waals surface area contributed by atoms with Crippen LogP contribution in [0.15, 0.2) is 17.0 Å². The predicted octanol–water partition coefficient (Wildman–Crippen LogP) is 4.60. The standard InChI is InChI=1S/C15H23F2NS/c1-5-11(4)9-19-15-13(16)6-12(7-14(15)17)8-18-10(2)3/h6-7,10-11,18H,5,8-9H2,1-4H3. The van der Waals surface area contributed by atoms with E-state index in [1.54, 1.807) is 0 Å². The Labute approximate surface area is 119 Å². The summed E-state index contributed by atoms with van der Waals surface area (Å²) in [5.74, 6) is 0.308. The first-order chi connectivity index (χ1) is 8.93. The third kappa shape index (κ3) is 5.49. The maximum Gasteiger partial charge on any atom is 0.140 e. The summed E-state index contributed by atoms with van der Waals surface area (Å²) >= 11 is 1.27. The van der Waals surface area contributed by atoms with E-state index in [0.29, 0.717) is 24.1 Å². The average Bonchev–Trinajstić information content (AvgIpc) is 2.34. The Bertz CT molecular complexity index is 384. The summed E-state index contributed by atoms with van der Waals surface area (Å²) in [7, 11) is 0. The predicted molar refractivity (Wildman–Crippen MR) is 78.5 cm³/mol. The summed E-state index contributed by atoms with van der Waals surface area (Å²) in [6.07, 6.45) is 1.02. The van der Waals surface area contributed by atoms with E-state index in [-0.39, 0.29) is 4.90 Å². The molecule has 1 rings (SSSR count). The largest absolute Gasteiger partial charge is 0.310 e. The van der Waals surface area contributed by atoms with Gasteiger partial charge in [-0.05, 0) is 23.6 Å². The lowest BCUT2D eigenvalue weighted by atomic mass is 10.2. The Kier molecular flexibility index (Phi) is 6.80. The molecule has 1 N–H and O–H groups in total. The van der Waals surface area contributed by atoms with Crippen LogP contribution in [0.5, 0.6) is 0 Å². The van der Waals surface area contributed by atoms with Crippen molar-refractivity contribution in [3.63, 3.8) is 0 Å². The Balaban J connectivity index is 2.73. The van der Waals surface area contributed by atoms with Gasteiger partial charge in [0, 0.05) is 18.3 Å². The summed E-state index contributed by atoms with van der Waals surface area (Å²) in [5.41, 5.74) is 0.650. The summed E-state index contributed by atoms with van der Waals surface area (Å²) in [6, 6.07) is 3.15. The van der Waals surface area contributed by atoms with Crippen molar-refractivity contribution in [1.29, 1.82) is 0 Å². The van der Waals surface area contributed by atoms with Crippen LogP contribution in [0.2, 0.25) is 0 Å². The van der Waals surface area contributed by atoms with E-state index in [1.165, 1.54) is 23.9 Å². The van der Waals surface area contributed by atoms with Crippen LogP contribution in [0.4, 0.5) is 8.78 Å². The van der Waals surface area contributed by atoms with Crippen molar-refractivity contribution in [2.24, 2.45) is 5.92 Å². The summed E-state index contributed by atoms with van der Waals surface area (Å²) in [4.78, 5) is 0.147. The zero-order valence-electron chi connectivity index (χ0n) is 12.1. The zero-order chi connectivity index (χ0) is 14.4. The highest BCUT2D eigenvalue weighted by Gasteiger charge is 2.13. The third-order valence-corrected chi connectivity index (χ3v) is 4.40. The maximum atomic E-state index is 13.9. The number of rotatable bonds is 7. The van der Waals surface area contributed by atoms with E-state index in [9.17, 15) is 8.78 Å². The normalized spacial score (nSPS) is 13.0. The molecule has 19 heavy (non-hydrogen) atoms. The fourth-order valence-electron chi connectivity index (χ4n) is 1.52. The first kappa shape index (κ1) is 16.4. The Morgan fingerprint density at radius 3 is 2.21 bits per heavy atom. The molecule has 0 bridgehead atoms. The number of hydrogen-bond donors (Lipinski definition) is 1. The minimum absolute atomic E-state index is 0.147. The molecule has 0 aromatic heterocycles. The second kappa shape index (κ2) is 7.85. The second-order valence-corrected chi connectivity index (χ2v) is 6.28. The number of thioether (sulfide) groups is 1. The number of nitrogens with one attached hydrogen (secondary N) is 1. The van der Waals surface area contributed by atoms with E-state index in [1.807, 2.05) is 13.8 Å². The molecule has 0 saturated heterocycles. The topological polar surface area (TPSA) is 12.0 Å². The molecule has 1 aromatic rings. The summed E-state index contributed by atoms with van der Waals surface area (Å²) in [6.45, 7) is 8.66. The average molecular weight is 287 g/mol. The molecule has 0 heterocycles. The fourth-order valence-corrected chi connectivity index (χ4v) is 2.60. The minimum atomic E-state index is -0.450. The van der Waals surface area contributed by atoms with E-state index in [4.69, 9.17) is 0 Å². The van der Waals surface area contributed by atoms with Crippen molar-refractivity contribution >= 4 is 11.8 Å². The highest BCUT2D eigenvalue weighted by Crippen LogP contribution is 2.28. The van der Waals surface area contributed by atoms with Crippen molar-refractivity contribution in [2.75, 3.05) is 5.75 Å². The highest BCUT2D eigenvalue weighted by atomic mass is 32.2. The van der Waals surface area contributed by atoms with E-state index < -0.39 is 11.6 Å². The lowest BCUT2D eigenvalue weighted by molar-refractivity contribution is 0.528. The van der Waals surface area contributed by atoms with Crippen LogP contribution in [0, 0.1) is 17.6 Å². The molecule has 0 radical (unpaired) electrons. The van der Waals surface area contributed by atoms with Crippen LogP contribution < -0.4 is 5.32 Å². The van der Waals surface area contributed by atoms with Gasteiger partial charge in [0.05, 0.1) is 4.90 Å². The molecule has 0 aliphatic rings. The van der Waals surface area contributed by atoms with Crippen molar-refractivity contribution in [3.8, 4) is 0 Å². The highest BCUT2D eigenvalue weighted by molar-refractivity contribution is 7.99. The SMILES string of the molecule is CCC(C)CSc1c(F)cc(CNC(C)C)cc1F. The third-order valence-electron chi connectivity index (χ3n) is 2.98. The van der Waals surface area contributed by atoms with Crippen LogP contribution in [-0.2, 0) is 6.54 Å². The van der Waals surface area contributed by atoms with Crippen LogP contribution in [0.25, 0.3) is 0 Å². The van der Waals surface area contributed by atoms with Gasteiger partial charge in [0.1, 0.15) is 11.6 Å². The van der Waals surface area contributed by atoms with Gasteiger partial charge in [-0.15, -0.1) is 11.8 Å². The zero-order valence-corrected chi connectivity index (χ0v) is 12.9. The van der Waals surface area contributed by atoms with Gasteiger partial charge in [-0.2, -0.15) is 0 Å². The lowest BCUT2D eigenvalue weighted by Gasteiger charge is -2.12. The van der Waals surface area contributed by atoms with Gasteiger partial charge in [-0.25, -0.2) is 8.78 Å². The Morgan fingerprint density at radius 2 is 1.74 bits per heavy atom. The summed E-state index contributed by atoms with van der Waals surface area (Å²) in [5, 5.41) is 3.15. The minimum Gasteiger partial charge on any atom is -0.310 e. The number of halogens is 2. The fraction of sp³-hybridized carbons (Fsp3) is 0.600. The molecule has 4 heteroatoms. The van der Waals surface area contributed by atoms with Crippen LogP contribution in [0.1, 0.15) is 39.7 Å². The first-order valence-corrected chi connectivity index (χ1v) is 7.76. The van der Waals surface area contributed by atoms with Crippen LogP contribution in [-0.4, -0.2) is 11.8 Å². The van der Waals surface area contributed by atoms with Crippen molar-refractivity contribution in [2.45, 2.75) is 51.6 Å². The molecule has 0 saturated carbocycles. The van der Waals surface area contributed by atoms with Crippen LogP contribution >= 0.6 is 11.8 Å². The molecule has 1 aromatic carbocycles. The van der Waals surface area contributed by atoms with Gasteiger partial charge >= 0.3 is 0 Å². The second-order valence-electron chi connectivity index (χ2n) is 5.25. The van der Waals surface area contributed by atoms with Gasteiger partial charge in [0.25, 0.3) is 0 Å². The van der Waals surface area contributed by atoms with Crippen molar-refractivity contribution in [3.05, 3.63) is 29.3 Å².